The van der Waals surface area contributed by atoms with E-state index in [9.17, 15) is 4.21 Å². The Morgan fingerprint density at radius 1 is 1.24 bits per heavy atom. The highest BCUT2D eigenvalue weighted by atomic mass is 35.5. The molecule has 17 heavy (non-hydrogen) atoms. The first kappa shape index (κ1) is 16.0. The lowest BCUT2D eigenvalue weighted by atomic mass is 10.3. The van der Waals surface area contributed by atoms with Crippen LogP contribution in [0.2, 0.25) is 0 Å². The molecule has 0 aliphatic heterocycles. The molecule has 0 radical (unpaired) electrons. The maximum atomic E-state index is 12.0. The van der Waals surface area contributed by atoms with Crippen LogP contribution in [0.1, 0.15) is 0 Å². The molecule has 4 nitrogen and oxygen atoms in total. The Morgan fingerprint density at radius 3 is 2.29 bits per heavy atom. The number of anilines is 1. The highest BCUT2D eigenvalue weighted by molar-refractivity contribution is 7.85. The zero-order valence-corrected chi connectivity index (χ0v) is 11.5. The van der Waals surface area contributed by atoms with Gasteiger partial charge in [0.1, 0.15) is 10.8 Å². The Hall–Kier alpha value is -1.04. The molecule has 0 saturated carbocycles. The molecule has 7 heteroatoms. The molecule has 94 valence electrons. The second-order valence-electron chi connectivity index (χ2n) is 3.16. The van der Waals surface area contributed by atoms with Crippen molar-refractivity contribution >= 4 is 41.3 Å². The molecule has 2 aromatic rings. The molecule has 0 bridgehead atoms. The van der Waals surface area contributed by atoms with Gasteiger partial charge in [-0.3, -0.25) is 0 Å². The van der Waals surface area contributed by atoms with Crippen molar-refractivity contribution in [1.29, 1.82) is 0 Å². The predicted molar refractivity (Wildman–Crippen MR) is 73.2 cm³/mol. The summed E-state index contributed by atoms with van der Waals surface area (Å²) in [5.74, 6) is 0. The third kappa shape index (κ3) is 3.46. The third-order valence-electron chi connectivity index (χ3n) is 2.04. The molecule has 1 unspecified atom stereocenters. The summed E-state index contributed by atoms with van der Waals surface area (Å²) in [6.07, 6.45) is 3.40. The lowest BCUT2D eigenvalue weighted by Gasteiger charge is -2.02. The quantitative estimate of drug-likeness (QED) is 0.862. The fourth-order valence-electron chi connectivity index (χ4n) is 1.23. The molecule has 0 aliphatic rings. The molecule has 2 rings (SSSR count). The Kier molecular flexibility index (Phi) is 6.23. The van der Waals surface area contributed by atoms with Gasteiger partial charge in [-0.15, -0.1) is 24.8 Å². The Labute approximate surface area is 115 Å². The van der Waals surface area contributed by atoms with Crippen LogP contribution in [-0.4, -0.2) is 13.8 Å². The van der Waals surface area contributed by atoms with E-state index in [4.69, 9.17) is 5.73 Å². The molecule has 0 fully saturated rings. The first-order valence-corrected chi connectivity index (χ1v) is 5.58. The second-order valence-corrected chi connectivity index (χ2v) is 4.53. The number of hydrogen-bond donors (Lipinski definition) is 1. The topological polar surface area (TPSA) is 60.9 Å². The summed E-state index contributed by atoms with van der Waals surface area (Å²) in [6, 6.07) is 6.96. The van der Waals surface area contributed by atoms with E-state index in [0.717, 1.165) is 0 Å². The molecule has 2 N–H and O–H groups in total. The Balaban J connectivity index is 0.00000128. The molecular weight excluding hydrogens is 281 g/mol. The van der Waals surface area contributed by atoms with Gasteiger partial charge in [-0.1, -0.05) is 0 Å². The number of nitrogens with two attached hydrogens (primary N) is 1. The average molecular weight is 294 g/mol. The van der Waals surface area contributed by atoms with E-state index in [1.807, 2.05) is 7.05 Å². The number of aryl methyl sites for hydroxylation is 1. The summed E-state index contributed by atoms with van der Waals surface area (Å²) in [4.78, 5) is 4.75. The number of imidazole rings is 1. The molecule has 0 aliphatic carbocycles. The number of nitrogens with zero attached hydrogens (tertiary/aromatic N) is 2. The number of halogens is 2. The highest BCUT2D eigenvalue weighted by Crippen LogP contribution is 2.15. The summed E-state index contributed by atoms with van der Waals surface area (Å²) in [5.41, 5.74) is 6.22. The summed E-state index contributed by atoms with van der Waals surface area (Å²) < 4.78 is 13.8. The SMILES string of the molecule is Cl.Cl.Cn1ccnc1S(=O)c1ccc(N)cc1. The minimum atomic E-state index is -1.24. The van der Waals surface area contributed by atoms with E-state index in [1.54, 1.807) is 41.2 Å². The monoisotopic (exact) mass is 293 g/mol. The van der Waals surface area contributed by atoms with Crippen LogP contribution in [0.3, 0.4) is 0 Å². The van der Waals surface area contributed by atoms with Gasteiger partial charge in [0, 0.05) is 30.0 Å². The van der Waals surface area contributed by atoms with Gasteiger partial charge >= 0.3 is 0 Å². The van der Waals surface area contributed by atoms with Crippen molar-refractivity contribution in [1.82, 2.24) is 9.55 Å². The second kappa shape index (κ2) is 6.64. The van der Waals surface area contributed by atoms with Crippen LogP contribution < -0.4 is 5.73 Å². The van der Waals surface area contributed by atoms with Crippen molar-refractivity contribution < 1.29 is 4.21 Å². The van der Waals surface area contributed by atoms with Crippen LogP contribution in [-0.2, 0) is 17.8 Å². The molecule has 1 atom stereocenters. The smallest absolute Gasteiger partial charge is 0.203 e. The lowest BCUT2D eigenvalue weighted by Crippen LogP contribution is -2.01. The lowest BCUT2D eigenvalue weighted by molar-refractivity contribution is 0.665. The van der Waals surface area contributed by atoms with Crippen LogP contribution in [0.25, 0.3) is 0 Å². The van der Waals surface area contributed by atoms with Gasteiger partial charge in [-0.2, -0.15) is 0 Å². The van der Waals surface area contributed by atoms with Crippen LogP contribution >= 0.6 is 24.8 Å². The number of aromatic nitrogens is 2. The van der Waals surface area contributed by atoms with Gasteiger partial charge in [-0.25, -0.2) is 9.19 Å². The van der Waals surface area contributed by atoms with Crippen LogP contribution in [0.15, 0.2) is 46.7 Å². The zero-order chi connectivity index (χ0) is 10.8. The van der Waals surface area contributed by atoms with Gasteiger partial charge in [0.25, 0.3) is 0 Å². The van der Waals surface area contributed by atoms with E-state index in [0.29, 0.717) is 15.7 Å². The van der Waals surface area contributed by atoms with E-state index < -0.39 is 10.8 Å². The van der Waals surface area contributed by atoms with Gasteiger partial charge in [0.15, 0.2) is 0 Å². The van der Waals surface area contributed by atoms with Gasteiger partial charge < -0.3 is 10.3 Å². The highest BCUT2D eigenvalue weighted by Gasteiger charge is 2.10. The summed E-state index contributed by atoms with van der Waals surface area (Å²) >= 11 is 0. The average Bonchev–Trinajstić information content (AvgIpc) is 2.65. The van der Waals surface area contributed by atoms with Crippen LogP contribution in [0.4, 0.5) is 5.69 Å². The summed E-state index contributed by atoms with van der Waals surface area (Å²) in [7, 11) is 0.578. The van der Waals surface area contributed by atoms with Crippen molar-refractivity contribution in [2.24, 2.45) is 7.05 Å². The van der Waals surface area contributed by atoms with Crippen molar-refractivity contribution in [2.75, 3.05) is 5.73 Å². The molecule has 0 spiro atoms. The van der Waals surface area contributed by atoms with Gasteiger partial charge in [0.2, 0.25) is 5.16 Å². The molecule has 0 saturated heterocycles. The largest absolute Gasteiger partial charge is 0.399 e. The molecule has 1 heterocycles. The first-order chi connectivity index (χ1) is 7.18. The van der Waals surface area contributed by atoms with Gasteiger partial charge in [-0.05, 0) is 24.3 Å². The zero-order valence-electron chi connectivity index (χ0n) is 9.07. The Bertz CT molecular complexity index is 499. The molecular formula is C10H13Cl2N3OS. The number of benzene rings is 1. The minimum Gasteiger partial charge on any atom is -0.399 e. The summed E-state index contributed by atoms with van der Waals surface area (Å²) in [5, 5.41) is 0.541. The molecule has 1 aromatic carbocycles. The fraction of sp³-hybridized carbons (Fsp3) is 0.100. The van der Waals surface area contributed by atoms with E-state index in [-0.39, 0.29) is 24.8 Å². The number of hydrogen-bond acceptors (Lipinski definition) is 3. The Morgan fingerprint density at radius 2 is 1.82 bits per heavy atom. The van der Waals surface area contributed by atoms with E-state index >= 15 is 0 Å². The van der Waals surface area contributed by atoms with E-state index in [2.05, 4.69) is 4.98 Å². The first-order valence-electron chi connectivity index (χ1n) is 4.43. The summed E-state index contributed by atoms with van der Waals surface area (Å²) in [6.45, 7) is 0. The minimum absolute atomic E-state index is 0. The van der Waals surface area contributed by atoms with E-state index in [1.165, 1.54) is 0 Å². The number of nitrogen functional groups attached to an aromatic ring is 1. The van der Waals surface area contributed by atoms with Crippen LogP contribution in [0, 0.1) is 0 Å². The van der Waals surface area contributed by atoms with Crippen molar-refractivity contribution in [2.45, 2.75) is 10.1 Å². The molecule has 0 amide bonds. The van der Waals surface area contributed by atoms with Crippen molar-refractivity contribution in [3.8, 4) is 0 Å². The van der Waals surface area contributed by atoms with Crippen LogP contribution in [0.5, 0.6) is 0 Å². The van der Waals surface area contributed by atoms with Gasteiger partial charge in [0.05, 0.1) is 0 Å². The number of rotatable bonds is 2. The normalized spacial score (nSPS) is 11.1. The standard InChI is InChI=1S/C10H11N3OS.2ClH/c1-13-7-6-12-10(13)15(14)9-4-2-8(11)3-5-9;;/h2-7H,11H2,1H3;2*1H. The third-order valence-corrected chi connectivity index (χ3v) is 3.46. The maximum absolute atomic E-state index is 12.0. The predicted octanol–water partition coefficient (Wildman–Crippen LogP) is 2.01. The van der Waals surface area contributed by atoms with Crippen molar-refractivity contribution in [3.63, 3.8) is 0 Å². The fourth-order valence-corrected chi connectivity index (χ4v) is 2.30. The molecule has 1 aromatic heterocycles. The maximum Gasteiger partial charge on any atom is 0.203 e. The van der Waals surface area contributed by atoms with Crippen molar-refractivity contribution in [3.05, 3.63) is 36.7 Å².